The summed E-state index contributed by atoms with van der Waals surface area (Å²) in [5, 5.41) is 4.97. The molecule has 23 heavy (non-hydrogen) atoms. The highest BCUT2D eigenvalue weighted by Gasteiger charge is 2.21. The van der Waals surface area contributed by atoms with Crippen molar-refractivity contribution in [2.75, 3.05) is 38.6 Å². The van der Waals surface area contributed by atoms with Gasteiger partial charge in [0.15, 0.2) is 0 Å². The van der Waals surface area contributed by atoms with Crippen LogP contribution in [0.25, 0.3) is 0 Å². The van der Waals surface area contributed by atoms with Crippen molar-refractivity contribution in [2.45, 2.75) is 6.54 Å². The number of carbonyl (C=O) groups excluding carboxylic acids is 1. The SMILES string of the molecule is COc1ccc(NC(=O)N2CCN(Cc3cccs3)CC2)cn1. The van der Waals surface area contributed by atoms with Crippen molar-refractivity contribution in [1.29, 1.82) is 0 Å². The van der Waals surface area contributed by atoms with Crippen LogP contribution in [0.5, 0.6) is 5.88 Å². The van der Waals surface area contributed by atoms with E-state index in [0.717, 1.165) is 32.7 Å². The maximum Gasteiger partial charge on any atom is 0.321 e. The van der Waals surface area contributed by atoms with Gasteiger partial charge in [0.25, 0.3) is 0 Å². The van der Waals surface area contributed by atoms with Crippen LogP contribution < -0.4 is 10.1 Å². The molecule has 122 valence electrons. The van der Waals surface area contributed by atoms with E-state index in [4.69, 9.17) is 4.74 Å². The van der Waals surface area contributed by atoms with Crippen molar-refractivity contribution in [3.8, 4) is 5.88 Å². The number of nitrogens with zero attached hydrogens (tertiary/aromatic N) is 3. The number of methoxy groups -OCH3 is 1. The number of hydrogen-bond acceptors (Lipinski definition) is 5. The topological polar surface area (TPSA) is 57.7 Å². The molecule has 0 saturated carbocycles. The summed E-state index contributed by atoms with van der Waals surface area (Å²) in [7, 11) is 1.57. The Morgan fingerprint density at radius 3 is 2.74 bits per heavy atom. The lowest BCUT2D eigenvalue weighted by Gasteiger charge is -2.34. The lowest BCUT2D eigenvalue weighted by atomic mass is 10.3. The Kier molecular flexibility index (Phi) is 5.09. The Morgan fingerprint density at radius 1 is 1.30 bits per heavy atom. The van der Waals surface area contributed by atoms with E-state index in [1.54, 1.807) is 36.8 Å². The number of aromatic nitrogens is 1. The summed E-state index contributed by atoms with van der Waals surface area (Å²) < 4.78 is 5.01. The van der Waals surface area contributed by atoms with Gasteiger partial charge in [-0.3, -0.25) is 4.90 Å². The van der Waals surface area contributed by atoms with Crippen molar-refractivity contribution in [3.05, 3.63) is 40.7 Å². The fourth-order valence-corrected chi connectivity index (χ4v) is 3.26. The number of piperazine rings is 1. The second-order valence-electron chi connectivity index (χ2n) is 5.36. The fourth-order valence-electron chi connectivity index (χ4n) is 2.51. The molecule has 1 aliphatic rings. The van der Waals surface area contributed by atoms with Gasteiger partial charge in [0, 0.05) is 43.7 Å². The Morgan fingerprint density at radius 2 is 2.13 bits per heavy atom. The van der Waals surface area contributed by atoms with Crippen LogP contribution in [0.3, 0.4) is 0 Å². The molecule has 1 saturated heterocycles. The van der Waals surface area contributed by atoms with Gasteiger partial charge in [0.2, 0.25) is 5.88 Å². The van der Waals surface area contributed by atoms with Gasteiger partial charge < -0.3 is 15.0 Å². The fraction of sp³-hybridized carbons (Fsp3) is 0.375. The number of nitrogens with one attached hydrogen (secondary N) is 1. The first-order valence-corrected chi connectivity index (χ1v) is 8.43. The standard InChI is InChI=1S/C16H20N4O2S/c1-22-15-5-4-13(11-17-15)18-16(21)20-8-6-19(7-9-20)12-14-3-2-10-23-14/h2-5,10-11H,6-9,12H2,1H3,(H,18,21). The summed E-state index contributed by atoms with van der Waals surface area (Å²) in [5.41, 5.74) is 0.678. The van der Waals surface area contributed by atoms with Crippen LogP contribution in [0.2, 0.25) is 0 Å². The number of pyridine rings is 1. The van der Waals surface area contributed by atoms with Gasteiger partial charge in [-0.1, -0.05) is 6.07 Å². The first-order valence-electron chi connectivity index (χ1n) is 7.55. The smallest absolute Gasteiger partial charge is 0.321 e. The van der Waals surface area contributed by atoms with Crippen molar-refractivity contribution in [2.24, 2.45) is 0 Å². The van der Waals surface area contributed by atoms with E-state index in [1.165, 1.54) is 4.88 Å². The van der Waals surface area contributed by atoms with Gasteiger partial charge in [0.05, 0.1) is 19.0 Å². The minimum Gasteiger partial charge on any atom is -0.481 e. The van der Waals surface area contributed by atoms with Crippen LogP contribution in [-0.4, -0.2) is 54.1 Å². The Balaban J connectivity index is 1.47. The zero-order chi connectivity index (χ0) is 16.1. The van der Waals surface area contributed by atoms with Crippen LogP contribution in [0.4, 0.5) is 10.5 Å². The van der Waals surface area contributed by atoms with Gasteiger partial charge in [-0.05, 0) is 17.5 Å². The molecule has 0 spiro atoms. The third-order valence-corrected chi connectivity index (χ3v) is 4.68. The summed E-state index contributed by atoms with van der Waals surface area (Å²) in [5.74, 6) is 0.533. The second-order valence-corrected chi connectivity index (χ2v) is 6.39. The van der Waals surface area contributed by atoms with Crippen LogP contribution in [0, 0.1) is 0 Å². The summed E-state index contributed by atoms with van der Waals surface area (Å²) in [4.78, 5) is 22.0. The first kappa shape index (κ1) is 15.8. The second kappa shape index (κ2) is 7.43. The highest BCUT2D eigenvalue weighted by atomic mass is 32.1. The number of hydrogen-bond donors (Lipinski definition) is 1. The zero-order valence-electron chi connectivity index (χ0n) is 13.1. The molecule has 0 bridgehead atoms. The number of anilines is 1. The van der Waals surface area contributed by atoms with Crippen molar-refractivity contribution >= 4 is 23.1 Å². The van der Waals surface area contributed by atoms with E-state index in [1.807, 2.05) is 4.90 Å². The van der Waals surface area contributed by atoms with Crippen LogP contribution >= 0.6 is 11.3 Å². The van der Waals surface area contributed by atoms with Gasteiger partial charge in [-0.25, -0.2) is 9.78 Å². The van der Waals surface area contributed by atoms with E-state index in [9.17, 15) is 4.79 Å². The summed E-state index contributed by atoms with van der Waals surface area (Å²) in [6.07, 6.45) is 1.60. The Hall–Kier alpha value is -2.12. The number of rotatable bonds is 4. The molecule has 3 rings (SSSR count). The van der Waals surface area contributed by atoms with Gasteiger partial charge in [-0.15, -0.1) is 11.3 Å². The van der Waals surface area contributed by atoms with E-state index < -0.39 is 0 Å². The average molecular weight is 332 g/mol. The van der Waals surface area contributed by atoms with Crippen LogP contribution in [0.15, 0.2) is 35.8 Å². The molecule has 2 aromatic rings. The number of thiophene rings is 1. The summed E-state index contributed by atoms with van der Waals surface area (Å²) in [6, 6.07) is 7.67. The molecule has 1 fully saturated rings. The predicted octanol–water partition coefficient (Wildman–Crippen LogP) is 2.50. The van der Waals surface area contributed by atoms with E-state index in [-0.39, 0.29) is 6.03 Å². The molecule has 3 heterocycles. The van der Waals surface area contributed by atoms with Crippen molar-refractivity contribution in [1.82, 2.24) is 14.8 Å². The summed E-state index contributed by atoms with van der Waals surface area (Å²) >= 11 is 1.78. The van der Waals surface area contributed by atoms with E-state index >= 15 is 0 Å². The molecular formula is C16H20N4O2S. The van der Waals surface area contributed by atoms with Gasteiger partial charge in [0.1, 0.15) is 0 Å². The molecule has 7 heteroatoms. The molecule has 0 unspecified atom stereocenters. The normalized spacial score (nSPS) is 15.4. The third-order valence-electron chi connectivity index (χ3n) is 3.82. The maximum atomic E-state index is 12.3. The minimum absolute atomic E-state index is 0.0762. The molecule has 1 aliphatic heterocycles. The molecule has 6 nitrogen and oxygen atoms in total. The van der Waals surface area contributed by atoms with Gasteiger partial charge >= 0.3 is 6.03 Å². The Labute approximate surface area is 139 Å². The first-order chi connectivity index (χ1) is 11.2. The molecule has 2 amide bonds. The maximum absolute atomic E-state index is 12.3. The summed E-state index contributed by atoms with van der Waals surface area (Å²) in [6.45, 7) is 4.23. The highest BCUT2D eigenvalue weighted by Crippen LogP contribution is 2.15. The van der Waals surface area contributed by atoms with Crippen LogP contribution in [0.1, 0.15) is 4.88 Å². The van der Waals surface area contributed by atoms with Crippen molar-refractivity contribution < 1.29 is 9.53 Å². The lowest BCUT2D eigenvalue weighted by molar-refractivity contribution is 0.143. The molecule has 0 aromatic carbocycles. The number of ether oxygens (including phenoxy) is 1. The molecule has 0 radical (unpaired) electrons. The van der Waals surface area contributed by atoms with E-state index in [0.29, 0.717) is 11.6 Å². The average Bonchev–Trinajstić information content (AvgIpc) is 3.09. The number of amides is 2. The monoisotopic (exact) mass is 332 g/mol. The number of carbonyl (C=O) groups is 1. The highest BCUT2D eigenvalue weighted by molar-refractivity contribution is 7.09. The number of urea groups is 1. The molecular weight excluding hydrogens is 312 g/mol. The third kappa shape index (κ3) is 4.20. The minimum atomic E-state index is -0.0762. The van der Waals surface area contributed by atoms with Gasteiger partial charge in [-0.2, -0.15) is 0 Å². The molecule has 1 N–H and O–H groups in total. The lowest BCUT2D eigenvalue weighted by Crippen LogP contribution is -2.49. The van der Waals surface area contributed by atoms with Crippen LogP contribution in [-0.2, 0) is 6.54 Å². The molecule has 0 atom stereocenters. The Bertz CT molecular complexity index is 622. The largest absolute Gasteiger partial charge is 0.481 e. The predicted molar refractivity (Wildman–Crippen MR) is 91.0 cm³/mol. The quantitative estimate of drug-likeness (QED) is 0.935. The molecule has 2 aromatic heterocycles. The van der Waals surface area contributed by atoms with Crippen molar-refractivity contribution in [3.63, 3.8) is 0 Å². The zero-order valence-corrected chi connectivity index (χ0v) is 13.9. The van der Waals surface area contributed by atoms with E-state index in [2.05, 4.69) is 32.7 Å². The molecule has 0 aliphatic carbocycles.